The van der Waals surface area contributed by atoms with Gasteiger partial charge in [0.25, 0.3) is 0 Å². The number of hydrogen-bond donors (Lipinski definition) is 1. The highest BCUT2D eigenvalue weighted by Gasteiger charge is 2.46. The van der Waals surface area contributed by atoms with E-state index in [9.17, 15) is 9.59 Å². The number of nitrogens with two attached hydrogens (primary N) is 1. The topological polar surface area (TPSA) is 92.4 Å². The number of aromatic nitrogens is 2. The molecule has 2 N–H and O–H groups in total. The Morgan fingerprint density at radius 3 is 2.56 bits per heavy atom. The number of rotatable bonds is 3. The van der Waals surface area contributed by atoms with Gasteiger partial charge in [0, 0.05) is 54.5 Å². The second-order valence-corrected chi connectivity index (χ2v) is 8.58. The van der Waals surface area contributed by atoms with Gasteiger partial charge in [-0.2, -0.15) is 0 Å². The molecule has 7 heteroatoms. The normalized spacial score (nSPS) is 25.9. The molecule has 146 valence electrons. The second-order valence-electron chi connectivity index (χ2n) is 8.58. The molecule has 1 aromatic rings. The summed E-state index contributed by atoms with van der Waals surface area (Å²) < 4.78 is 0. The molecule has 2 saturated heterocycles. The average molecular weight is 371 g/mol. The monoisotopic (exact) mass is 371 g/mol. The van der Waals surface area contributed by atoms with E-state index in [1.54, 1.807) is 0 Å². The first-order chi connectivity index (χ1) is 12.9. The zero-order valence-corrected chi connectivity index (χ0v) is 16.3. The lowest BCUT2D eigenvalue weighted by Gasteiger charge is -2.48. The van der Waals surface area contributed by atoms with Crippen molar-refractivity contribution in [1.82, 2.24) is 19.8 Å². The number of hydrogen-bond acceptors (Lipinski definition) is 5. The van der Waals surface area contributed by atoms with E-state index in [1.807, 2.05) is 18.7 Å². The Labute approximate surface area is 160 Å². The summed E-state index contributed by atoms with van der Waals surface area (Å²) in [4.78, 5) is 37.8. The molecule has 0 radical (unpaired) electrons. The van der Waals surface area contributed by atoms with Gasteiger partial charge in [0.05, 0.1) is 6.42 Å². The fourth-order valence-electron chi connectivity index (χ4n) is 4.80. The van der Waals surface area contributed by atoms with Crippen LogP contribution in [0.1, 0.15) is 55.5 Å². The van der Waals surface area contributed by atoms with E-state index in [-0.39, 0.29) is 17.3 Å². The van der Waals surface area contributed by atoms with Crippen molar-refractivity contribution < 1.29 is 9.59 Å². The third kappa shape index (κ3) is 3.64. The maximum absolute atomic E-state index is 13.0. The van der Waals surface area contributed by atoms with Crippen LogP contribution in [-0.4, -0.2) is 57.3 Å². The van der Waals surface area contributed by atoms with Crippen LogP contribution in [-0.2, 0) is 16.0 Å². The first-order valence-corrected chi connectivity index (χ1v) is 10.0. The lowest BCUT2D eigenvalue weighted by atomic mass is 9.73. The minimum Gasteiger partial charge on any atom is -0.368 e. The number of nitrogens with zero attached hydrogens (tertiary/aromatic N) is 4. The Kier molecular flexibility index (Phi) is 4.56. The molecular formula is C20H29N5O2. The molecule has 1 saturated carbocycles. The summed E-state index contributed by atoms with van der Waals surface area (Å²) in [6.07, 6.45) is 6.25. The average Bonchev–Trinajstić information content (AvgIpc) is 3.45. The van der Waals surface area contributed by atoms with Crippen molar-refractivity contribution in [2.45, 2.75) is 64.8 Å². The van der Waals surface area contributed by atoms with E-state index in [2.05, 4.69) is 14.9 Å². The fraction of sp³-hybridized carbons (Fsp3) is 0.700. The summed E-state index contributed by atoms with van der Waals surface area (Å²) in [6, 6.07) is 0.456. The van der Waals surface area contributed by atoms with Crippen LogP contribution in [0.5, 0.6) is 0 Å². The molecule has 0 unspecified atom stereocenters. The Balaban J connectivity index is 1.46. The summed E-state index contributed by atoms with van der Waals surface area (Å²) in [6.45, 7) is 6.14. The Morgan fingerprint density at radius 2 is 1.89 bits per heavy atom. The van der Waals surface area contributed by atoms with Crippen LogP contribution in [0, 0.1) is 19.3 Å². The zero-order valence-electron chi connectivity index (χ0n) is 16.3. The zero-order chi connectivity index (χ0) is 19.2. The molecule has 3 aliphatic rings. The maximum atomic E-state index is 13.0. The van der Waals surface area contributed by atoms with Gasteiger partial charge in [-0.15, -0.1) is 0 Å². The van der Waals surface area contributed by atoms with Crippen molar-refractivity contribution in [3.63, 3.8) is 0 Å². The SMILES string of the molecule is Cc1nc(N)nc(C)c1CC(=O)N1CCC[C@@]2(CCC(=O)N(C3CC3)C2)C1. The van der Waals surface area contributed by atoms with Crippen molar-refractivity contribution in [3.05, 3.63) is 17.0 Å². The number of aryl methyl sites for hydroxylation is 2. The van der Waals surface area contributed by atoms with E-state index in [1.165, 1.54) is 0 Å². The van der Waals surface area contributed by atoms with E-state index < -0.39 is 0 Å². The number of carbonyl (C=O) groups excluding carboxylic acids is 2. The van der Waals surface area contributed by atoms with Crippen molar-refractivity contribution in [3.8, 4) is 0 Å². The summed E-state index contributed by atoms with van der Waals surface area (Å²) in [7, 11) is 0. The van der Waals surface area contributed by atoms with Crippen LogP contribution < -0.4 is 5.73 Å². The Hall–Kier alpha value is -2.18. The highest BCUT2D eigenvalue weighted by atomic mass is 16.2. The van der Waals surface area contributed by atoms with Crippen LogP contribution in [0.15, 0.2) is 0 Å². The van der Waals surface area contributed by atoms with Gasteiger partial charge < -0.3 is 15.5 Å². The standard InChI is InChI=1S/C20H29N5O2/c1-13-16(14(2)23-19(21)22-13)10-18(27)24-9-3-7-20(11-24)8-6-17(26)25(12-20)15-4-5-15/h15H,3-12H2,1-2H3,(H2,21,22,23)/t20-/m1/s1. The van der Waals surface area contributed by atoms with Crippen LogP contribution in [0.25, 0.3) is 0 Å². The Morgan fingerprint density at radius 1 is 1.19 bits per heavy atom. The number of carbonyl (C=O) groups is 2. The van der Waals surface area contributed by atoms with Crippen molar-refractivity contribution in [2.75, 3.05) is 25.4 Å². The van der Waals surface area contributed by atoms with E-state index in [0.717, 1.165) is 68.7 Å². The predicted octanol–water partition coefficient (Wildman–Crippen LogP) is 1.61. The molecule has 0 bridgehead atoms. The number of likely N-dealkylation sites (tertiary alicyclic amines) is 2. The van der Waals surface area contributed by atoms with Gasteiger partial charge in [0.1, 0.15) is 0 Å². The van der Waals surface area contributed by atoms with Gasteiger partial charge in [-0.3, -0.25) is 9.59 Å². The number of anilines is 1. The molecule has 27 heavy (non-hydrogen) atoms. The first kappa shape index (κ1) is 18.2. The van der Waals surface area contributed by atoms with Crippen LogP contribution in [0.4, 0.5) is 5.95 Å². The van der Waals surface area contributed by atoms with Gasteiger partial charge in [-0.1, -0.05) is 0 Å². The highest BCUT2D eigenvalue weighted by Crippen LogP contribution is 2.42. The minimum absolute atomic E-state index is 0.0755. The molecule has 1 aliphatic carbocycles. The summed E-state index contributed by atoms with van der Waals surface area (Å²) in [5.74, 6) is 0.686. The Bertz CT molecular complexity index is 753. The largest absolute Gasteiger partial charge is 0.368 e. The lowest BCUT2D eigenvalue weighted by Crippen LogP contribution is -2.55. The minimum atomic E-state index is 0.0755. The van der Waals surface area contributed by atoms with Crippen molar-refractivity contribution >= 4 is 17.8 Å². The van der Waals surface area contributed by atoms with Crippen molar-refractivity contribution in [2.24, 2.45) is 5.41 Å². The molecule has 3 heterocycles. The van der Waals surface area contributed by atoms with Gasteiger partial charge >= 0.3 is 0 Å². The lowest BCUT2D eigenvalue weighted by molar-refractivity contribution is -0.143. The van der Waals surface area contributed by atoms with Gasteiger partial charge in [-0.25, -0.2) is 9.97 Å². The smallest absolute Gasteiger partial charge is 0.227 e. The third-order valence-corrected chi connectivity index (χ3v) is 6.46. The molecule has 1 atom stereocenters. The van der Waals surface area contributed by atoms with E-state index >= 15 is 0 Å². The molecule has 4 rings (SSSR count). The van der Waals surface area contributed by atoms with Gasteiger partial charge in [0.2, 0.25) is 17.8 Å². The summed E-state index contributed by atoms with van der Waals surface area (Å²) in [5, 5.41) is 0. The number of amides is 2. The quantitative estimate of drug-likeness (QED) is 0.871. The van der Waals surface area contributed by atoms with Crippen LogP contribution in [0.3, 0.4) is 0 Å². The predicted molar refractivity (Wildman–Crippen MR) is 102 cm³/mol. The van der Waals surface area contributed by atoms with Gasteiger partial charge in [0.15, 0.2) is 0 Å². The maximum Gasteiger partial charge on any atom is 0.227 e. The van der Waals surface area contributed by atoms with E-state index in [0.29, 0.717) is 24.8 Å². The van der Waals surface area contributed by atoms with Gasteiger partial charge in [-0.05, 0) is 46.0 Å². The number of piperidine rings is 2. The first-order valence-electron chi connectivity index (χ1n) is 10.0. The summed E-state index contributed by atoms with van der Waals surface area (Å²) >= 11 is 0. The molecule has 1 aromatic heterocycles. The molecule has 2 aliphatic heterocycles. The van der Waals surface area contributed by atoms with Crippen LogP contribution >= 0.6 is 0 Å². The molecule has 0 aromatic carbocycles. The highest BCUT2D eigenvalue weighted by molar-refractivity contribution is 5.80. The third-order valence-electron chi connectivity index (χ3n) is 6.46. The van der Waals surface area contributed by atoms with E-state index in [4.69, 9.17) is 5.73 Å². The number of nitrogen functional groups attached to an aromatic ring is 1. The molecular weight excluding hydrogens is 342 g/mol. The van der Waals surface area contributed by atoms with Crippen LogP contribution in [0.2, 0.25) is 0 Å². The van der Waals surface area contributed by atoms with Crippen molar-refractivity contribution in [1.29, 1.82) is 0 Å². The molecule has 3 fully saturated rings. The molecule has 7 nitrogen and oxygen atoms in total. The molecule has 2 amide bonds. The molecule has 1 spiro atoms. The fourth-order valence-corrected chi connectivity index (χ4v) is 4.80. The second kappa shape index (κ2) is 6.77. The summed E-state index contributed by atoms with van der Waals surface area (Å²) in [5.41, 5.74) is 8.22.